The van der Waals surface area contributed by atoms with Crippen molar-refractivity contribution in [1.29, 1.82) is 0 Å². The number of halogens is 1. The topological polar surface area (TPSA) is 102 Å². The molecule has 0 bridgehead atoms. The molecule has 1 aromatic carbocycles. The standard InChI is InChI=1S/C15H20N4O3.ClH/c16-8-10-5-6-18(9-10)15(20)11-1-4-13(17-12-2-3-12)14(7-11)19(21)22;/h1,4,7,10,12,17H,2-3,5-6,8-9,16H2;1H. The first-order valence-electron chi connectivity index (χ1n) is 7.63. The molecule has 2 fully saturated rings. The van der Waals surface area contributed by atoms with Gasteiger partial charge >= 0.3 is 0 Å². The van der Waals surface area contributed by atoms with Gasteiger partial charge in [-0.05, 0) is 43.9 Å². The number of nitrogens with one attached hydrogen (secondary N) is 1. The van der Waals surface area contributed by atoms with E-state index in [-0.39, 0.29) is 24.0 Å². The van der Waals surface area contributed by atoms with E-state index in [1.807, 2.05) is 0 Å². The Balaban J connectivity index is 0.00000192. The smallest absolute Gasteiger partial charge is 0.293 e. The minimum Gasteiger partial charge on any atom is -0.377 e. The molecule has 1 heterocycles. The molecule has 8 heteroatoms. The number of hydrogen-bond donors (Lipinski definition) is 2. The van der Waals surface area contributed by atoms with Gasteiger partial charge in [0.05, 0.1) is 4.92 Å². The van der Waals surface area contributed by atoms with Gasteiger partial charge in [0.15, 0.2) is 0 Å². The van der Waals surface area contributed by atoms with Gasteiger partial charge in [0, 0.05) is 30.8 Å². The van der Waals surface area contributed by atoms with Gasteiger partial charge in [0.25, 0.3) is 11.6 Å². The number of carbonyl (C=O) groups is 1. The van der Waals surface area contributed by atoms with Gasteiger partial charge in [-0.3, -0.25) is 14.9 Å². The Bertz CT molecular complexity index is 606. The number of likely N-dealkylation sites (tertiary alicyclic amines) is 1. The largest absolute Gasteiger partial charge is 0.377 e. The van der Waals surface area contributed by atoms with Gasteiger partial charge in [-0.25, -0.2) is 0 Å². The second kappa shape index (κ2) is 7.14. The summed E-state index contributed by atoms with van der Waals surface area (Å²) in [4.78, 5) is 25.0. The van der Waals surface area contributed by atoms with Crippen LogP contribution in [0.15, 0.2) is 18.2 Å². The Morgan fingerprint density at radius 3 is 2.70 bits per heavy atom. The van der Waals surface area contributed by atoms with Crippen molar-refractivity contribution in [3.05, 3.63) is 33.9 Å². The Hall–Kier alpha value is -1.86. The van der Waals surface area contributed by atoms with Crippen LogP contribution in [0.1, 0.15) is 29.6 Å². The monoisotopic (exact) mass is 340 g/mol. The van der Waals surface area contributed by atoms with E-state index in [0.29, 0.717) is 42.8 Å². The molecule has 2 aliphatic rings. The van der Waals surface area contributed by atoms with Crippen LogP contribution < -0.4 is 11.1 Å². The van der Waals surface area contributed by atoms with Crippen LogP contribution in [-0.4, -0.2) is 41.4 Å². The van der Waals surface area contributed by atoms with E-state index in [1.54, 1.807) is 17.0 Å². The summed E-state index contributed by atoms with van der Waals surface area (Å²) in [7, 11) is 0. The molecule has 126 valence electrons. The quantitative estimate of drug-likeness (QED) is 0.630. The molecule has 1 aliphatic carbocycles. The highest BCUT2D eigenvalue weighted by molar-refractivity contribution is 5.96. The van der Waals surface area contributed by atoms with Gasteiger partial charge in [-0.1, -0.05) is 0 Å². The summed E-state index contributed by atoms with van der Waals surface area (Å²) < 4.78 is 0. The fraction of sp³-hybridized carbons (Fsp3) is 0.533. The van der Waals surface area contributed by atoms with Crippen LogP contribution in [0.5, 0.6) is 0 Å². The number of nitrogens with zero attached hydrogens (tertiary/aromatic N) is 2. The number of nitro groups is 1. The zero-order valence-corrected chi connectivity index (χ0v) is 13.6. The number of rotatable bonds is 5. The van der Waals surface area contributed by atoms with Crippen molar-refractivity contribution < 1.29 is 9.72 Å². The molecular formula is C15H21ClN4O3. The highest BCUT2D eigenvalue weighted by Crippen LogP contribution is 2.32. The Morgan fingerprint density at radius 2 is 2.13 bits per heavy atom. The van der Waals surface area contributed by atoms with Crippen molar-refractivity contribution in [2.75, 3.05) is 25.0 Å². The number of amides is 1. The lowest BCUT2D eigenvalue weighted by Crippen LogP contribution is -2.29. The van der Waals surface area contributed by atoms with Crippen LogP contribution in [0.2, 0.25) is 0 Å². The fourth-order valence-corrected chi connectivity index (χ4v) is 2.78. The van der Waals surface area contributed by atoms with Gasteiger partial charge in [-0.15, -0.1) is 12.4 Å². The first-order chi connectivity index (χ1) is 10.6. The molecule has 23 heavy (non-hydrogen) atoms. The first-order valence-corrected chi connectivity index (χ1v) is 7.63. The van der Waals surface area contributed by atoms with E-state index in [2.05, 4.69) is 5.32 Å². The Kier molecular flexibility index (Phi) is 5.43. The summed E-state index contributed by atoms with van der Waals surface area (Å²) >= 11 is 0. The second-order valence-corrected chi connectivity index (χ2v) is 6.05. The SMILES string of the molecule is Cl.NCC1CCN(C(=O)c2ccc(NC3CC3)c([N+](=O)[O-])c2)C1. The van der Waals surface area contributed by atoms with Gasteiger partial charge in [-0.2, -0.15) is 0 Å². The average Bonchev–Trinajstić information content (AvgIpc) is 3.20. The Labute approximate surface area is 140 Å². The van der Waals surface area contributed by atoms with Crippen molar-refractivity contribution in [3.8, 4) is 0 Å². The molecule has 1 unspecified atom stereocenters. The van der Waals surface area contributed by atoms with Crippen LogP contribution in [0.4, 0.5) is 11.4 Å². The lowest BCUT2D eigenvalue weighted by Gasteiger charge is -2.16. The molecule has 3 N–H and O–H groups in total. The van der Waals surface area contributed by atoms with Crippen molar-refractivity contribution >= 4 is 29.7 Å². The highest BCUT2D eigenvalue weighted by Gasteiger charge is 2.29. The fourth-order valence-electron chi connectivity index (χ4n) is 2.78. The predicted octanol–water partition coefficient (Wildman–Crippen LogP) is 2.01. The van der Waals surface area contributed by atoms with E-state index < -0.39 is 4.92 Å². The number of nitro benzene ring substituents is 1. The maximum absolute atomic E-state index is 12.5. The molecule has 1 saturated carbocycles. The minimum atomic E-state index is -0.436. The predicted molar refractivity (Wildman–Crippen MR) is 90.1 cm³/mol. The minimum absolute atomic E-state index is 0. The van der Waals surface area contributed by atoms with E-state index in [0.717, 1.165) is 19.3 Å². The zero-order valence-electron chi connectivity index (χ0n) is 12.7. The van der Waals surface area contributed by atoms with Crippen molar-refractivity contribution in [2.45, 2.75) is 25.3 Å². The van der Waals surface area contributed by atoms with Crippen LogP contribution in [0.3, 0.4) is 0 Å². The average molecular weight is 341 g/mol. The van der Waals surface area contributed by atoms with Gasteiger partial charge in [0.1, 0.15) is 5.69 Å². The molecule has 0 aromatic heterocycles. The molecule has 1 aliphatic heterocycles. The van der Waals surface area contributed by atoms with Crippen molar-refractivity contribution in [2.24, 2.45) is 11.7 Å². The van der Waals surface area contributed by atoms with Crippen molar-refractivity contribution in [1.82, 2.24) is 4.90 Å². The number of nitrogens with two attached hydrogens (primary N) is 1. The third-order valence-corrected chi connectivity index (χ3v) is 4.28. The molecule has 1 amide bonds. The normalized spacial score (nSPS) is 20.0. The van der Waals surface area contributed by atoms with E-state index >= 15 is 0 Å². The molecule has 1 aromatic rings. The van der Waals surface area contributed by atoms with Crippen LogP contribution >= 0.6 is 12.4 Å². The van der Waals surface area contributed by atoms with Crippen molar-refractivity contribution in [3.63, 3.8) is 0 Å². The second-order valence-electron chi connectivity index (χ2n) is 6.05. The molecule has 3 rings (SSSR count). The van der Waals surface area contributed by atoms with E-state index in [4.69, 9.17) is 5.73 Å². The Morgan fingerprint density at radius 1 is 1.39 bits per heavy atom. The zero-order chi connectivity index (χ0) is 15.7. The van der Waals surface area contributed by atoms with E-state index in [1.165, 1.54) is 6.07 Å². The molecule has 0 spiro atoms. The summed E-state index contributed by atoms with van der Waals surface area (Å²) in [5.74, 6) is 0.173. The van der Waals surface area contributed by atoms with Gasteiger partial charge in [0.2, 0.25) is 0 Å². The van der Waals surface area contributed by atoms with Crippen LogP contribution in [-0.2, 0) is 0 Å². The van der Waals surface area contributed by atoms with Gasteiger partial charge < -0.3 is 16.0 Å². The number of anilines is 1. The maximum Gasteiger partial charge on any atom is 0.293 e. The number of benzene rings is 1. The summed E-state index contributed by atoms with van der Waals surface area (Å²) in [6, 6.07) is 5.00. The lowest BCUT2D eigenvalue weighted by atomic mass is 10.1. The number of hydrogen-bond acceptors (Lipinski definition) is 5. The summed E-state index contributed by atoms with van der Waals surface area (Å²) in [6.07, 6.45) is 2.96. The molecule has 1 atom stereocenters. The molecule has 1 saturated heterocycles. The summed E-state index contributed by atoms with van der Waals surface area (Å²) in [5.41, 5.74) is 6.46. The third kappa shape index (κ3) is 3.92. The molecule has 0 radical (unpaired) electrons. The summed E-state index contributed by atoms with van der Waals surface area (Å²) in [5, 5.41) is 14.4. The number of carbonyl (C=O) groups excluding carboxylic acids is 1. The maximum atomic E-state index is 12.5. The molecular weight excluding hydrogens is 320 g/mol. The summed E-state index contributed by atoms with van der Waals surface area (Å²) in [6.45, 7) is 1.86. The lowest BCUT2D eigenvalue weighted by molar-refractivity contribution is -0.384. The van der Waals surface area contributed by atoms with E-state index in [9.17, 15) is 14.9 Å². The first kappa shape index (κ1) is 17.5. The van der Waals surface area contributed by atoms with Crippen LogP contribution in [0.25, 0.3) is 0 Å². The third-order valence-electron chi connectivity index (χ3n) is 4.28. The molecule has 7 nitrogen and oxygen atoms in total. The van der Waals surface area contributed by atoms with Crippen LogP contribution in [0, 0.1) is 16.0 Å². The highest BCUT2D eigenvalue weighted by atomic mass is 35.5.